The van der Waals surface area contributed by atoms with Crippen molar-refractivity contribution in [2.24, 2.45) is 0 Å². The van der Waals surface area contributed by atoms with Gasteiger partial charge in [0.25, 0.3) is 0 Å². The molecule has 0 aliphatic heterocycles. The number of fused-ring (bicyclic) bond motifs is 1. The summed E-state index contributed by atoms with van der Waals surface area (Å²) in [5, 5.41) is 0. The Kier molecular flexibility index (Phi) is 2.14. The van der Waals surface area contributed by atoms with Crippen LogP contribution in [0, 0.1) is 0 Å². The van der Waals surface area contributed by atoms with Crippen molar-refractivity contribution in [3.63, 3.8) is 0 Å². The molecule has 3 nitrogen and oxygen atoms in total. The molecule has 0 amide bonds. The van der Waals surface area contributed by atoms with Crippen LogP contribution in [-0.2, 0) is 4.74 Å². The second-order valence-corrected chi connectivity index (χ2v) is 2.89. The molecule has 1 aromatic carbocycles. The molecule has 2 aromatic rings. The van der Waals surface area contributed by atoms with Crippen LogP contribution in [0.3, 0.4) is 0 Å². The third kappa shape index (κ3) is 1.44. The van der Waals surface area contributed by atoms with Gasteiger partial charge in [-0.1, -0.05) is 6.58 Å². The van der Waals surface area contributed by atoms with Crippen molar-refractivity contribution in [3.8, 4) is 0 Å². The lowest BCUT2D eigenvalue weighted by Crippen LogP contribution is -1.87. The minimum Gasteiger partial charge on any atom is -0.497 e. The Morgan fingerprint density at radius 3 is 2.64 bits per heavy atom. The molecule has 1 heterocycles. The average Bonchev–Trinajstić information content (AvgIpc) is 2.27. The van der Waals surface area contributed by atoms with E-state index in [4.69, 9.17) is 4.74 Å². The lowest BCUT2D eigenvalue weighted by molar-refractivity contribution is 0.371. The predicted octanol–water partition coefficient (Wildman–Crippen LogP) is 2.25. The van der Waals surface area contributed by atoms with Gasteiger partial charge in [-0.05, 0) is 18.2 Å². The largest absolute Gasteiger partial charge is 0.497 e. The van der Waals surface area contributed by atoms with Crippen LogP contribution in [0.4, 0.5) is 0 Å². The molecule has 1 aromatic heterocycles. The zero-order chi connectivity index (χ0) is 9.97. The van der Waals surface area contributed by atoms with Gasteiger partial charge in [-0.2, -0.15) is 0 Å². The molecule has 0 N–H and O–H groups in total. The molecule has 0 fully saturated rings. The van der Waals surface area contributed by atoms with E-state index in [1.807, 2.05) is 18.2 Å². The number of methoxy groups -OCH3 is 1. The molecule has 0 saturated heterocycles. The van der Waals surface area contributed by atoms with Crippen molar-refractivity contribution in [1.29, 1.82) is 0 Å². The number of aromatic nitrogens is 2. The minimum absolute atomic E-state index is 0.637. The summed E-state index contributed by atoms with van der Waals surface area (Å²) in [6.07, 6.45) is 3.34. The summed E-state index contributed by atoms with van der Waals surface area (Å²) < 4.78 is 5.04. The number of benzene rings is 1. The molecular formula is C11H10N2O. The van der Waals surface area contributed by atoms with Crippen LogP contribution in [0.1, 0.15) is 5.56 Å². The van der Waals surface area contributed by atoms with E-state index in [-0.39, 0.29) is 0 Å². The summed E-state index contributed by atoms with van der Waals surface area (Å²) >= 11 is 0. The monoisotopic (exact) mass is 186 g/mol. The number of hydrogen-bond donors (Lipinski definition) is 0. The lowest BCUT2D eigenvalue weighted by atomic mass is 10.1. The fraction of sp³-hybridized carbons (Fsp3) is 0.0909. The highest BCUT2D eigenvalue weighted by molar-refractivity contribution is 5.78. The Hall–Kier alpha value is -1.90. The van der Waals surface area contributed by atoms with E-state index >= 15 is 0 Å². The summed E-state index contributed by atoms with van der Waals surface area (Å²) in [6.45, 7) is 3.78. The topological polar surface area (TPSA) is 35.0 Å². The molecule has 3 heteroatoms. The normalized spacial score (nSPS) is 10.1. The van der Waals surface area contributed by atoms with Gasteiger partial charge in [0.2, 0.25) is 0 Å². The Morgan fingerprint density at radius 1 is 1.21 bits per heavy atom. The first-order valence-corrected chi connectivity index (χ1v) is 4.25. The van der Waals surface area contributed by atoms with E-state index in [1.54, 1.807) is 19.5 Å². The van der Waals surface area contributed by atoms with Crippen molar-refractivity contribution < 1.29 is 4.74 Å². The maximum Gasteiger partial charge on any atom is 0.118 e. The first-order valence-electron chi connectivity index (χ1n) is 4.25. The third-order valence-corrected chi connectivity index (χ3v) is 2.04. The van der Waals surface area contributed by atoms with Gasteiger partial charge in [0.05, 0.1) is 18.1 Å². The van der Waals surface area contributed by atoms with E-state index in [2.05, 4.69) is 16.5 Å². The van der Waals surface area contributed by atoms with Crippen LogP contribution < -0.4 is 0 Å². The number of rotatable bonds is 2. The van der Waals surface area contributed by atoms with Crippen molar-refractivity contribution in [3.05, 3.63) is 42.7 Å². The van der Waals surface area contributed by atoms with E-state index in [0.29, 0.717) is 5.76 Å². The highest BCUT2D eigenvalue weighted by Crippen LogP contribution is 2.17. The highest BCUT2D eigenvalue weighted by atomic mass is 16.5. The summed E-state index contributed by atoms with van der Waals surface area (Å²) in [7, 11) is 1.60. The van der Waals surface area contributed by atoms with E-state index in [9.17, 15) is 0 Å². The average molecular weight is 186 g/mol. The van der Waals surface area contributed by atoms with Crippen LogP contribution in [0.5, 0.6) is 0 Å². The van der Waals surface area contributed by atoms with Gasteiger partial charge in [-0.25, -0.2) is 0 Å². The second kappa shape index (κ2) is 3.46. The van der Waals surface area contributed by atoms with Crippen LogP contribution in [0.25, 0.3) is 16.8 Å². The Morgan fingerprint density at radius 2 is 1.93 bits per heavy atom. The molecule has 0 atom stereocenters. The SMILES string of the molecule is C=C(OC)c1ccc2nccnc2c1. The van der Waals surface area contributed by atoms with Gasteiger partial charge in [0.15, 0.2) is 0 Å². The molecule has 0 aliphatic carbocycles. The van der Waals surface area contributed by atoms with Crippen LogP contribution in [0.2, 0.25) is 0 Å². The molecule has 14 heavy (non-hydrogen) atoms. The third-order valence-electron chi connectivity index (χ3n) is 2.04. The summed E-state index contributed by atoms with van der Waals surface area (Å²) in [5.74, 6) is 0.637. The zero-order valence-electron chi connectivity index (χ0n) is 7.90. The van der Waals surface area contributed by atoms with E-state index in [0.717, 1.165) is 16.6 Å². The quantitative estimate of drug-likeness (QED) is 0.675. The van der Waals surface area contributed by atoms with Crippen LogP contribution in [-0.4, -0.2) is 17.1 Å². The molecule has 0 bridgehead atoms. The second-order valence-electron chi connectivity index (χ2n) is 2.89. The number of nitrogens with zero attached hydrogens (tertiary/aromatic N) is 2. The fourth-order valence-corrected chi connectivity index (χ4v) is 1.25. The Bertz CT molecular complexity index is 479. The van der Waals surface area contributed by atoms with Gasteiger partial charge in [-0.3, -0.25) is 9.97 Å². The summed E-state index contributed by atoms with van der Waals surface area (Å²) in [6, 6.07) is 5.74. The van der Waals surface area contributed by atoms with Crippen LogP contribution >= 0.6 is 0 Å². The first-order chi connectivity index (χ1) is 6.81. The first kappa shape index (κ1) is 8.69. The molecule has 0 unspecified atom stereocenters. The number of ether oxygens (including phenoxy) is 1. The maximum absolute atomic E-state index is 5.04. The molecule has 0 saturated carbocycles. The van der Waals surface area contributed by atoms with Gasteiger partial charge in [0.1, 0.15) is 5.76 Å². The molecule has 0 radical (unpaired) electrons. The van der Waals surface area contributed by atoms with E-state index in [1.165, 1.54) is 0 Å². The number of hydrogen-bond acceptors (Lipinski definition) is 3. The molecular weight excluding hydrogens is 176 g/mol. The standard InChI is InChI=1S/C11H10N2O/c1-8(14-2)9-3-4-10-11(7-9)13-6-5-12-10/h3-7H,1H2,2H3. The summed E-state index contributed by atoms with van der Waals surface area (Å²) in [5.41, 5.74) is 2.66. The zero-order valence-corrected chi connectivity index (χ0v) is 7.90. The smallest absolute Gasteiger partial charge is 0.118 e. The lowest BCUT2D eigenvalue weighted by Gasteiger charge is -2.04. The molecule has 0 aliphatic rings. The van der Waals surface area contributed by atoms with Gasteiger partial charge in [0, 0.05) is 18.0 Å². The van der Waals surface area contributed by atoms with Crippen molar-refractivity contribution >= 4 is 16.8 Å². The minimum atomic E-state index is 0.637. The predicted molar refractivity (Wildman–Crippen MR) is 55.6 cm³/mol. The highest BCUT2D eigenvalue weighted by Gasteiger charge is 2.00. The van der Waals surface area contributed by atoms with Crippen LogP contribution in [0.15, 0.2) is 37.2 Å². The maximum atomic E-state index is 5.04. The fourth-order valence-electron chi connectivity index (χ4n) is 1.25. The van der Waals surface area contributed by atoms with Crippen molar-refractivity contribution in [1.82, 2.24) is 9.97 Å². The van der Waals surface area contributed by atoms with Gasteiger partial charge in [-0.15, -0.1) is 0 Å². The summed E-state index contributed by atoms with van der Waals surface area (Å²) in [4.78, 5) is 8.37. The molecule has 0 spiro atoms. The Balaban J connectivity index is 2.56. The molecule has 70 valence electrons. The van der Waals surface area contributed by atoms with Gasteiger partial charge < -0.3 is 4.74 Å². The van der Waals surface area contributed by atoms with Crippen molar-refractivity contribution in [2.75, 3.05) is 7.11 Å². The molecule has 2 rings (SSSR count). The Labute approximate surface area is 82.1 Å². The van der Waals surface area contributed by atoms with E-state index < -0.39 is 0 Å². The van der Waals surface area contributed by atoms with Crippen molar-refractivity contribution in [2.45, 2.75) is 0 Å². The van der Waals surface area contributed by atoms with Gasteiger partial charge >= 0.3 is 0 Å².